The van der Waals surface area contributed by atoms with Gasteiger partial charge in [-0.15, -0.1) is 0 Å². The van der Waals surface area contributed by atoms with Crippen molar-refractivity contribution in [1.82, 2.24) is 0 Å². The van der Waals surface area contributed by atoms with Gasteiger partial charge >= 0.3 is 5.97 Å². The zero-order chi connectivity index (χ0) is 4.28. The van der Waals surface area contributed by atoms with E-state index in [1.165, 1.54) is 0 Å². The molecule has 0 saturated carbocycles. The van der Waals surface area contributed by atoms with Crippen LogP contribution in [0.2, 0.25) is 0 Å². The fraction of sp³-hybridized carbons (Fsp3) is 0.500. The summed E-state index contributed by atoms with van der Waals surface area (Å²) in [4.78, 5) is 9.24. The van der Waals surface area contributed by atoms with E-state index in [0.717, 1.165) is 0 Å². The van der Waals surface area contributed by atoms with Crippen LogP contribution in [0.3, 0.4) is 0 Å². The van der Waals surface area contributed by atoms with Gasteiger partial charge in [-0.25, -0.2) is 0 Å². The van der Waals surface area contributed by atoms with Gasteiger partial charge in [-0.3, -0.25) is 4.79 Å². The maximum Gasteiger partial charge on any atom is 0.317 e. The van der Waals surface area contributed by atoms with Gasteiger partial charge in [0.15, 0.2) is 0 Å². The number of carboxylic acid groups (broad SMARTS) is 1. The summed E-state index contributed by atoms with van der Waals surface area (Å²) in [5, 5.41) is 7.60. The molecular formula is C2H5NO2Pd. The zero-order valence-electron chi connectivity index (χ0n) is 2.96. The Morgan fingerprint density at radius 3 is 2.00 bits per heavy atom. The second-order valence-corrected chi connectivity index (χ2v) is 0.598. The zero-order valence-corrected chi connectivity index (χ0v) is 4.51. The van der Waals surface area contributed by atoms with Crippen molar-refractivity contribution in [3.63, 3.8) is 0 Å². The predicted octanol–water partition coefficient (Wildman–Crippen LogP) is -0.973. The first-order chi connectivity index (χ1) is 2.27. The summed E-state index contributed by atoms with van der Waals surface area (Å²) < 4.78 is 0. The maximum atomic E-state index is 9.24. The summed E-state index contributed by atoms with van der Waals surface area (Å²) >= 11 is 0. The maximum absolute atomic E-state index is 9.24. The van der Waals surface area contributed by atoms with Gasteiger partial charge in [0.1, 0.15) is 0 Å². The van der Waals surface area contributed by atoms with Crippen LogP contribution in [0.25, 0.3) is 0 Å². The van der Waals surface area contributed by atoms with Crippen LogP contribution in [0.1, 0.15) is 0 Å². The van der Waals surface area contributed by atoms with Crippen LogP contribution < -0.4 is 5.73 Å². The molecule has 0 aliphatic carbocycles. The monoisotopic (exact) mass is 181 g/mol. The van der Waals surface area contributed by atoms with Gasteiger partial charge < -0.3 is 10.8 Å². The first-order valence-electron chi connectivity index (χ1n) is 1.19. The Labute approximate surface area is 49.2 Å². The Morgan fingerprint density at radius 1 is 1.83 bits per heavy atom. The van der Waals surface area contributed by atoms with E-state index >= 15 is 0 Å². The van der Waals surface area contributed by atoms with Crippen LogP contribution in [0.4, 0.5) is 0 Å². The van der Waals surface area contributed by atoms with Crippen molar-refractivity contribution in [2.75, 3.05) is 6.54 Å². The van der Waals surface area contributed by atoms with E-state index in [1.807, 2.05) is 0 Å². The van der Waals surface area contributed by atoms with E-state index in [4.69, 9.17) is 5.11 Å². The summed E-state index contributed by atoms with van der Waals surface area (Å²) in [6.45, 7) is -0.278. The van der Waals surface area contributed by atoms with E-state index in [0.29, 0.717) is 0 Å². The molecule has 0 unspecified atom stereocenters. The van der Waals surface area contributed by atoms with Gasteiger partial charge in [0.2, 0.25) is 0 Å². The number of hydrogen-bond donors (Lipinski definition) is 2. The largest absolute Gasteiger partial charge is 0.480 e. The minimum atomic E-state index is -0.968. The fourth-order valence-corrected chi connectivity index (χ4v) is 0. The standard InChI is InChI=1S/C2H5NO2.Pd/c3-1-2(4)5;/h1,3H2,(H,4,5);. The van der Waals surface area contributed by atoms with Crippen molar-refractivity contribution in [3.8, 4) is 0 Å². The SMILES string of the molecule is NCC(=O)O.[Pd]. The van der Waals surface area contributed by atoms with Crippen LogP contribution in [-0.2, 0) is 25.2 Å². The molecule has 6 heavy (non-hydrogen) atoms. The second kappa shape index (κ2) is 5.09. The topological polar surface area (TPSA) is 63.3 Å². The molecule has 3 nitrogen and oxygen atoms in total. The van der Waals surface area contributed by atoms with E-state index in [-0.39, 0.29) is 27.0 Å². The molecule has 0 heterocycles. The van der Waals surface area contributed by atoms with Crippen molar-refractivity contribution >= 4 is 5.97 Å². The second-order valence-electron chi connectivity index (χ2n) is 0.598. The van der Waals surface area contributed by atoms with E-state index in [9.17, 15) is 4.79 Å². The number of carbonyl (C=O) groups is 1. The Balaban J connectivity index is 0. The van der Waals surface area contributed by atoms with Crippen LogP contribution in [0, 0.1) is 0 Å². The van der Waals surface area contributed by atoms with Crippen molar-refractivity contribution in [1.29, 1.82) is 0 Å². The molecule has 0 aromatic heterocycles. The summed E-state index contributed by atoms with van der Waals surface area (Å²) in [6.07, 6.45) is 0. The average Bonchev–Trinajstić information content (AvgIpc) is 1.38. The molecule has 0 aromatic rings. The van der Waals surface area contributed by atoms with Crippen molar-refractivity contribution in [2.45, 2.75) is 0 Å². The van der Waals surface area contributed by atoms with Gasteiger partial charge in [0.25, 0.3) is 0 Å². The first-order valence-corrected chi connectivity index (χ1v) is 1.19. The number of rotatable bonds is 1. The Hall–Kier alpha value is 0.0923. The Bertz CT molecular complexity index is 46.8. The molecule has 40 valence electrons. The normalized spacial score (nSPS) is 6.17. The van der Waals surface area contributed by atoms with Gasteiger partial charge in [-0.05, 0) is 0 Å². The molecule has 0 aromatic carbocycles. The molecule has 0 spiro atoms. The molecule has 0 aliphatic rings. The molecular weight excluding hydrogens is 176 g/mol. The summed E-state index contributed by atoms with van der Waals surface area (Å²) in [7, 11) is 0. The Kier molecular flexibility index (Phi) is 8.01. The smallest absolute Gasteiger partial charge is 0.317 e. The van der Waals surface area contributed by atoms with Crippen molar-refractivity contribution < 1.29 is 30.3 Å². The van der Waals surface area contributed by atoms with Crippen LogP contribution >= 0.6 is 0 Å². The number of carboxylic acids is 1. The summed E-state index contributed by atoms with van der Waals surface area (Å²) in [5.74, 6) is -0.968. The van der Waals surface area contributed by atoms with E-state index < -0.39 is 5.97 Å². The molecule has 0 rings (SSSR count). The minimum Gasteiger partial charge on any atom is -0.480 e. The van der Waals surface area contributed by atoms with Gasteiger partial charge in [-0.2, -0.15) is 0 Å². The molecule has 0 radical (unpaired) electrons. The number of aliphatic carboxylic acids is 1. The molecule has 0 fully saturated rings. The molecule has 0 saturated heterocycles. The number of nitrogens with two attached hydrogens (primary N) is 1. The third-order valence-electron chi connectivity index (χ3n) is 0.175. The summed E-state index contributed by atoms with van der Waals surface area (Å²) in [5.41, 5.74) is 4.57. The molecule has 0 aliphatic heterocycles. The van der Waals surface area contributed by atoms with Gasteiger partial charge in [0.05, 0.1) is 6.54 Å². The van der Waals surface area contributed by atoms with Gasteiger partial charge in [-0.1, -0.05) is 0 Å². The molecule has 0 amide bonds. The quantitative estimate of drug-likeness (QED) is 0.512. The number of hydrogen-bond acceptors (Lipinski definition) is 2. The molecule has 4 heteroatoms. The fourth-order valence-electron chi connectivity index (χ4n) is 0. The van der Waals surface area contributed by atoms with Crippen LogP contribution in [-0.4, -0.2) is 17.6 Å². The van der Waals surface area contributed by atoms with Crippen molar-refractivity contribution in [3.05, 3.63) is 0 Å². The van der Waals surface area contributed by atoms with Crippen LogP contribution in [0.5, 0.6) is 0 Å². The van der Waals surface area contributed by atoms with Gasteiger partial charge in [0, 0.05) is 20.4 Å². The van der Waals surface area contributed by atoms with E-state index in [2.05, 4.69) is 5.73 Å². The average molecular weight is 181 g/mol. The first kappa shape index (κ1) is 9.43. The molecule has 0 atom stereocenters. The predicted molar refractivity (Wildman–Crippen MR) is 16.7 cm³/mol. The minimum absolute atomic E-state index is 0. The molecule has 0 bridgehead atoms. The third kappa shape index (κ3) is 8.94. The third-order valence-corrected chi connectivity index (χ3v) is 0.175. The van der Waals surface area contributed by atoms with Crippen LogP contribution in [0.15, 0.2) is 0 Å². The summed E-state index contributed by atoms with van der Waals surface area (Å²) in [6, 6.07) is 0. The van der Waals surface area contributed by atoms with Crippen molar-refractivity contribution in [2.24, 2.45) is 5.73 Å². The van der Waals surface area contributed by atoms with E-state index in [1.54, 1.807) is 0 Å². The molecule has 3 N–H and O–H groups in total. The Morgan fingerprint density at radius 2 is 2.00 bits per heavy atom.